The van der Waals surface area contributed by atoms with Crippen LogP contribution < -0.4 is 5.32 Å². The Balaban J connectivity index is 1.99. The number of halogens is 1. The highest BCUT2D eigenvalue weighted by Crippen LogP contribution is 2.35. The number of hydrogen-bond donors (Lipinski definition) is 2. The van der Waals surface area contributed by atoms with Crippen LogP contribution in [-0.2, 0) is 0 Å². The molecule has 19 heavy (non-hydrogen) atoms. The molecular formula is C14H19IN2O2. The number of likely N-dealkylation sites (N-methyl/N-ethyl adjacent to an activating group) is 1. The standard InChI is InChI=1S/C14H19IN2O2/c1-17(2)14(6-3-7-14)9-16-13(19)10-4-5-11(15)12(18)8-10/h4-5,8,18H,3,6-7,9H2,1-2H3,(H,16,19). The minimum Gasteiger partial charge on any atom is -0.507 e. The fourth-order valence-corrected chi connectivity index (χ4v) is 2.70. The predicted molar refractivity (Wildman–Crippen MR) is 83.4 cm³/mol. The molecule has 1 aliphatic carbocycles. The zero-order valence-corrected chi connectivity index (χ0v) is 13.4. The summed E-state index contributed by atoms with van der Waals surface area (Å²) in [6.07, 6.45) is 3.47. The molecule has 1 aromatic carbocycles. The fourth-order valence-electron chi connectivity index (χ4n) is 2.37. The topological polar surface area (TPSA) is 52.6 Å². The summed E-state index contributed by atoms with van der Waals surface area (Å²) in [7, 11) is 4.12. The summed E-state index contributed by atoms with van der Waals surface area (Å²) in [6, 6.07) is 5.00. The van der Waals surface area contributed by atoms with E-state index in [1.807, 2.05) is 22.6 Å². The first kappa shape index (κ1) is 14.6. The average Bonchev–Trinajstić information content (AvgIpc) is 2.30. The molecule has 2 N–H and O–H groups in total. The maximum absolute atomic E-state index is 12.1. The number of rotatable bonds is 4. The van der Waals surface area contributed by atoms with Crippen molar-refractivity contribution < 1.29 is 9.90 Å². The highest BCUT2D eigenvalue weighted by atomic mass is 127. The molecule has 1 amide bonds. The molecule has 4 nitrogen and oxygen atoms in total. The number of carbonyl (C=O) groups excluding carboxylic acids is 1. The predicted octanol–water partition coefficient (Wildman–Crippen LogP) is 2.21. The third-order valence-corrected chi connectivity index (χ3v) is 4.93. The summed E-state index contributed by atoms with van der Waals surface area (Å²) in [6.45, 7) is 0.658. The van der Waals surface area contributed by atoms with Crippen LogP contribution in [0.3, 0.4) is 0 Å². The summed E-state index contributed by atoms with van der Waals surface area (Å²) in [5.41, 5.74) is 0.618. The number of carbonyl (C=O) groups is 1. The van der Waals surface area contributed by atoms with Gasteiger partial charge in [0.05, 0.1) is 3.57 Å². The number of aromatic hydroxyl groups is 1. The first-order valence-corrected chi connectivity index (χ1v) is 7.47. The van der Waals surface area contributed by atoms with E-state index in [2.05, 4.69) is 24.3 Å². The summed E-state index contributed by atoms with van der Waals surface area (Å²) >= 11 is 2.03. The second-order valence-corrected chi connectivity index (χ2v) is 6.48. The lowest BCUT2D eigenvalue weighted by molar-refractivity contribution is 0.0557. The molecule has 0 radical (unpaired) electrons. The van der Waals surface area contributed by atoms with Gasteiger partial charge in [-0.05, 0) is 74.1 Å². The number of phenols is 1. The maximum atomic E-state index is 12.1. The lowest BCUT2D eigenvalue weighted by atomic mass is 9.75. The van der Waals surface area contributed by atoms with Crippen LogP contribution in [0.5, 0.6) is 5.75 Å². The molecule has 1 fully saturated rings. The Morgan fingerprint density at radius 3 is 2.63 bits per heavy atom. The summed E-state index contributed by atoms with van der Waals surface area (Å²) in [5, 5.41) is 12.6. The van der Waals surface area contributed by atoms with E-state index in [0.29, 0.717) is 12.1 Å². The SMILES string of the molecule is CN(C)C1(CNC(=O)c2ccc(I)c(O)c2)CCC1. The highest BCUT2D eigenvalue weighted by molar-refractivity contribution is 14.1. The van der Waals surface area contributed by atoms with Crippen molar-refractivity contribution in [2.75, 3.05) is 20.6 Å². The van der Waals surface area contributed by atoms with E-state index in [0.717, 1.165) is 16.4 Å². The molecule has 0 bridgehead atoms. The number of amides is 1. The lowest BCUT2D eigenvalue weighted by Gasteiger charge is -2.47. The van der Waals surface area contributed by atoms with E-state index in [-0.39, 0.29) is 17.2 Å². The third-order valence-electron chi connectivity index (χ3n) is 4.02. The van der Waals surface area contributed by atoms with Crippen molar-refractivity contribution in [1.82, 2.24) is 10.2 Å². The van der Waals surface area contributed by atoms with Gasteiger partial charge in [0.2, 0.25) is 0 Å². The number of nitrogens with one attached hydrogen (secondary N) is 1. The highest BCUT2D eigenvalue weighted by Gasteiger charge is 2.39. The van der Waals surface area contributed by atoms with Crippen molar-refractivity contribution in [2.24, 2.45) is 0 Å². The van der Waals surface area contributed by atoms with Crippen molar-refractivity contribution in [3.05, 3.63) is 27.3 Å². The molecule has 0 aliphatic heterocycles. The summed E-state index contributed by atoms with van der Waals surface area (Å²) < 4.78 is 0.748. The minimum absolute atomic E-state index is 0.112. The van der Waals surface area contributed by atoms with Crippen LogP contribution in [0.4, 0.5) is 0 Å². The van der Waals surface area contributed by atoms with Crippen LogP contribution in [0.15, 0.2) is 18.2 Å². The van der Waals surface area contributed by atoms with Gasteiger partial charge in [-0.2, -0.15) is 0 Å². The quantitative estimate of drug-likeness (QED) is 0.795. The van der Waals surface area contributed by atoms with E-state index in [1.54, 1.807) is 12.1 Å². The number of benzene rings is 1. The van der Waals surface area contributed by atoms with E-state index in [1.165, 1.54) is 12.5 Å². The molecule has 0 atom stereocenters. The van der Waals surface area contributed by atoms with Crippen molar-refractivity contribution in [3.63, 3.8) is 0 Å². The first-order chi connectivity index (χ1) is 8.94. The van der Waals surface area contributed by atoms with Gasteiger partial charge >= 0.3 is 0 Å². The van der Waals surface area contributed by atoms with E-state index < -0.39 is 0 Å². The Bertz CT molecular complexity index is 484. The summed E-state index contributed by atoms with van der Waals surface area (Å²) in [5.74, 6) is 0.0269. The molecule has 0 heterocycles. The van der Waals surface area contributed by atoms with Crippen molar-refractivity contribution in [2.45, 2.75) is 24.8 Å². The number of phenolic OH excluding ortho intramolecular Hbond substituents is 1. The van der Waals surface area contributed by atoms with Gasteiger partial charge in [-0.3, -0.25) is 4.79 Å². The van der Waals surface area contributed by atoms with Gasteiger partial charge in [0.25, 0.3) is 5.91 Å². The maximum Gasteiger partial charge on any atom is 0.251 e. The van der Waals surface area contributed by atoms with Gasteiger partial charge in [0.15, 0.2) is 0 Å². The van der Waals surface area contributed by atoms with Gasteiger partial charge in [0.1, 0.15) is 5.75 Å². The molecule has 1 aliphatic rings. The molecule has 5 heteroatoms. The zero-order valence-electron chi connectivity index (χ0n) is 11.2. The first-order valence-electron chi connectivity index (χ1n) is 6.39. The number of hydrogen-bond acceptors (Lipinski definition) is 3. The Morgan fingerprint density at radius 1 is 1.47 bits per heavy atom. The van der Waals surface area contributed by atoms with Gasteiger partial charge in [0, 0.05) is 17.6 Å². The van der Waals surface area contributed by atoms with Crippen LogP contribution in [-0.4, -0.2) is 42.1 Å². The molecule has 0 unspecified atom stereocenters. The van der Waals surface area contributed by atoms with Crippen LogP contribution in [0.1, 0.15) is 29.6 Å². The van der Waals surface area contributed by atoms with Crippen LogP contribution in [0.2, 0.25) is 0 Å². The van der Waals surface area contributed by atoms with E-state index >= 15 is 0 Å². The molecule has 1 saturated carbocycles. The molecule has 0 spiro atoms. The average molecular weight is 374 g/mol. The minimum atomic E-state index is -0.125. The van der Waals surface area contributed by atoms with Crippen LogP contribution in [0.25, 0.3) is 0 Å². The van der Waals surface area contributed by atoms with Gasteiger partial charge < -0.3 is 15.3 Å². The Labute approximate surface area is 127 Å². The smallest absolute Gasteiger partial charge is 0.251 e. The fraction of sp³-hybridized carbons (Fsp3) is 0.500. The Morgan fingerprint density at radius 2 is 2.16 bits per heavy atom. The van der Waals surface area contributed by atoms with Gasteiger partial charge in [-0.25, -0.2) is 0 Å². The lowest BCUT2D eigenvalue weighted by Crippen LogP contribution is -2.57. The molecule has 104 valence electrons. The molecule has 0 aromatic heterocycles. The summed E-state index contributed by atoms with van der Waals surface area (Å²) in [4.78, 5) is 14.3. The normalized spacial score (nSPS) is 17.1. The van der Waals surface area contributed by atoms with Gasteiger partial charge in [-0.1, -0.05) is 0 Å². The Kier molecular flexibility index (Phi) is 4.35. The molecular weight excluding hydrogens is 355 g/mol. The van der Waals surface area contributed by atoms with E-state index in [9.17, 15) is 9.90 Å². The molecule has 2 rings (SSSR count). The third kappa shape index (κ3) is 3.02. The second kappa shape index (κ2) is 5.66. The van der Waals surface area contributed by atoms with E-state index in [4.69, 9.17) is 0 Å². The monoisotopic (exact) mass is 374 g/mol. The van der Waals surface area contributed by atoms with Crippen molar-refractivity contribution >= 4 is 28.5 Å². The van der Waals surface area contributed by atoms with Crippen molar-refractivity contribution in [1.29, 1.82) is 0 Å². The van der Waals surface area contributed by atoms with Gasteiger partial charge in [-0.15, -0.1) is 0 Å². The number of nitrogens with zero attached hydrogens (tertiary/aromatic N) is 1. The largest absolute Gasteiger partial charge is 0.507 e. The molecule has 1 aromatic rings. The Hall–Kier alpha value is -0.820. The van der Waals surface area contributed by atoms with Crippen molar-refractivity contribution in [3.8, 4) is 5.75 Å². The molecule has 0 saturated heterocycles. The van der Waals surface area contributed by atoms with Crippen LogP contribution in [0, 0.1) is 3.57 Å². The zero-order chi connectivity index (χ0) is 14.0. The van der Waals surface area contributed by atoms with Crippen LogP contribution >= 0.6 is 22.6 Å². The second-order valence-electron chi connectivity index (χ2n) is 5.32.